The first-order valence-electron chi connectivity index (χ1n) is 8.58. The van der Waals surface area contributed by atoms with Gasteiger partial charge in [-0.1, -0.05) is 18.2 Å². The minimum absolute atomic E-state index is 0. The third-order valence-corrected chi connectivity index (χ3v) is 4.11. The van der Waals surface area contributed by atoms with Gasteiger partial charge in [0, 0.05) is 24.2 Å². The van der Waals surface area contributed by atoms with Gasteiger partial charge in [0.05, 0.1) is 25.5 Å². The lowest BCUT2D eigenvalue weighted by Crippen LogP contribution is -2.37. The number of carbonyl (C=O) groups is 2. The maximum atomic E-state index is 12.7. The average molecular weight is 408 g/mol. The highest BCUT2D eigenvalue weighted by Gasteiger charge is 2.19. The van der Waals surface area contributed by atoms with Crippen molar-refractivity contribution in [3.8, 4) is 11.5 Å². The summed E-state index contributed by atoms with van der Waals surface area (Å²) in [4.78, 5) is 25.2. The van der Waals surface area contributed by atoms with Crippen LogP contribution in [0.15, 0.2) is 42.5 Å². The van der Waals surface area contributed by atoms with Gasteiger partial charge in [-0.25, -0.2) is 0 Å². The summed E-state index contributed by atoms with van der Waals surface area (Å²) in [5.41, 5.74) is 1.12. The second kappa shape index (κ2) is 11.2. The van der Waals surface area contributed by atoms with Crippen molar-refractivity contribution in [2.75, 3.05) is 33.1 Å². The van der Waals surface area contributed by atoms with Crippen molar-refractivity contribution in [3.05, 3.63) is 53.6 Å². The van der Waals surface area contributed by atoms with Crippen LogP contribution in [-0.4, -0.2) is 45.7 Å². The smallest absolute Gasteiger partial charge is 0.255 e. The Morgan fingerprint density at radius 3 is 2.18 bits per heavy atom. The Morgan fingerprint density at radius 1 is 1.00 bits per heavy atom. The van der Waals surface area contributed by atoms with Crippen molar-refractivity contribution in [1.82, 2.24) is 10.6 Å². The topological polar surface area (TPSA) is 88.7 Å². The quantitative estimate of drug-likeness (QED) is 0.626. The van der Waals surface area contributed by atoms with Crippen LogP contribution in [0, 0.1) is 0 Å². The van der Waals surface area contributed by atoms with Crippen LogP contribution in [-0.2, 0) is 0 Å². The summed E-state index contributed by atoms with van der Waals surface area (Å²) in [6.07, 6.45) is 0. The number of likely N-dealkylation sites (N-methyl/N-ethyl adjacent to an activating group) is 1. The van der Waals surface area contributed by atoms with E-state index < -0.39 is 0 Å². The largest absolute Gasteiger partial charge is 0.493 e. The lowest BCUT2D eigenvalue weighted by molar-refractivity contribution is 0.0951. The van der Waals surface area contributed by atoms with Crippen LogP contribution in [0.5, 0.6) is 11.5 Å². The third-order valence-electron chi connectivity index (χ3n) is 4.11. The van der Waals surface area contributed by atoms with Crippen molar-refractivity contribution in [1.29, 1.82) is 0 Å². The molecule has 2 aromatic carbocycles. The molecule has 1 atom stereocenters. The van der Waals surface area contributed by atoms with Crippen molar-refractivity contribution in [2.45, 2.75) is 13.0 Å². The zero-order valence-corrected chi connectivity index (χ0v) is 17.2. The van der Waals surface area contributed by atoms with Gasteiger partial charge < -0.3 is 25.4 Å². The SMILES string of the molecule is CNC(C)CNC(=O)c1cc(OC)c(OC)cc1NC(=O)c1ccccc1.Cl. The highest BCUT2D eigenvalue weighted by molar-refractivity contribution is 6.09. The molecule has 0 bridgehead atoms. The first-order valence-corrected chi connectivity index (χ1v) is 8.58. The van der Waals surface area contributed by atoms with Gasteiger partial charge >= 0.3 is 0 Å². The molecular weight excluding hydrogens is 382 g/mol. The number of nitrogens with one attached hydrogen (secondary N) is 3. The highest BCUT2D eigenvalue weighted by Crippen LogP contribution is 2.33. The normalized spacial score (nSPS) is 11.0. The second-order valence-corrected chi connectivity index (χ2v) is 5.97. The van der Waals surface area contributed by atoms with Crippen molar-refractivity contribution >= 4 is 29.9 Å². The van der Waals surface area contributed by atoms with E-state index in [1.165, 1.54) is 14.2 Å². The van der Waals surface area contributed by atoms with Crippen LogP contribution >= 0.6 is 12.4 Å². The fourth-order valence-electron chi connectivity index (χ4n) is 2.40. The molecular formula is C20H26ClN3O4. The molecule has 2 rings (SSSR count). The number of hydrogen-bond acceptors (Lipinski definition) is 5. The number of ether oxygens (including phenoxy) is 2. The first-order chi connectivity index (χ1) is 13.0. The highest BCUT2D eigenvalue weighted by atomic mass is 35.5. The molecule has 0 spiro atoms. The standard InChI is InChI=1S/C20H25N3O4.ClH/c1-13(21-2)12-22-20(25)15-10-17(26-3)18(27-4)11-16(15)23-19(24)14-8-6-5-7-9-14;/h5-11,13,21H,12H2,1-4H3,(H,22,25)(H,23,24);1H. The van der Waals surface area contributed by atoms with Crippen LogP contribution in [0.4, 0.5) is 5.69 Å². The molecule has 28 heavy (non-hydrogen) atoms. The molecule has 152 valence electrons. The molecule has 0 saturated heterocycles. The Bertz CT molecular complexity index is 800. The first kappa shape index (κ1) is 23.3. The molecule has 2 amide bonds. The fourth-order valence-corrected chi connectivity index (χ4v) is 2.40. The van der Waals surface area contributed by atoms with E-state index in [0.29, 0.717) is 34.9 Å². The van der Waals surface area contributed by atoms with Crippen LogP contribution in [0.2, 0.25) is 0 Å². The van der Waals surface area contributed by atoms with Crippen LogP contribution in [0.1, 0.15) is 27.6 Å². The van der Waals surface area contributed by atoms with E-state index >= 15 is 0 Å². The summed E-state index contributed by atoms with van der Waals surface area (Å²) in [6.45, 7) is 2.39. The Balaban J connectivity index is 0.00000392. The van der Waals surface area contributed by atoms with Crippen molar-refractivity contribution in [2.24, 2.45) is 0 Å². The Labute approximate surface area is 171 Å². The molecule has 0 radical (unpaired) electrons. The molecule has 0 aromatic heterocycles. The Hall–Kier alpha value is -2.77. The fraction of sp³-hybridized carbons (Fsp3) is 0.300. The molecule has 0 heterocycles. The van der Waals surface area contributed by atoms with Crippen LogP contribution < -0.4 is 25.4 Å². The lowest BCUT2D eigenvalue weighted by Gasteiger charge is -2.17. The van der Waals surface area contributed by atoms with Gasteiger partial charge in [0.25, 0.3) is 11.8 Å². The van der Waals surface area contributed by atoms with E-state index in [1.807, 2.05) is 20.0 Å². The molecule has 0 saturated carbocycles. The minimum atomic E-state index is -0.319. The number of methoxy groups -OCH3 is 2. The summed E-state index contributed by atoms with van der Waals surface area (Å²) in [6, 6.07) is 12.0. The number of hydrogen-bond donors (Lipinski definition) is 3. The van der Waals surface area contributed by atoms with E-state index in [1.54, 1.807) is 36.4 Å². The minimum Gasteiger partial charge on any atom is -0.493 e. The van der Waals surface area contributed by atoms with E-state index in [2.05, 4.69) is 16.0 Å². The summed E-state index contributed by atoms with van der Waals surface area (Å²) in [5, 5.41) is 8.68. The monoisotopic (exact) mass is 407 g/mol. The van der Waals surface area contributed by atoms with Crippen molar-refractivity contribution < 1.29 is 19.1 Å². The number of amides is 2. The van der Waals surface area contributed by atoms with Crippen LogP contribution in [0.25, 0.3) is 0 Å². The lowest BCUT2D eigenvalue weighted by atomic mass is 10.1. The number of rotatable bonds is 8. The zero-order chi connectivity index (χ0) is 19.8. The van der Waals surface area contributed by atoms with Gasteiger partial charge in [-0.3, -0.25) is 9.59 Å². The summed E-state index contributed by atoms with van der Waals surface area (Å²) < 4.78 is 10.6. The average Bonchev–Trinajstić information content (AvgIpc) is 2.71. The summed E-state index contributed by atoms with van der Waals surface area (Å²) >= 11 is 0. The van der Waals surface area contributed by atoms with Gasteiger partial charge in [-0.05, 0) is 32.2 Å². The van der Waals surface area contributed by atoms with E-state index in [4.69, 9.17) is 9.47 Å². The predicted molar refractivity (Wildman–Crippen MR) is 112 cm³/mol. The van der Waals surface area contributed by atoms with Crippen molar-refractivity contribution in [3.63, 3.8) is 0 Å². The van der Waals surface area contributed by atoms with E-state index in [9.17, 15) is 9.59 Å². The van der Waals surface area contributed by atoms with Crippen LogP contribution in [0.3, 0.4) is 0 Å². The Morgan fingerprint density at radius 2 is 1.61 bits per heavy atom. The number of halogens is 1. The summed E-state index contributed by atoms with van der Waals surface area (Å²) in [5.74, 6) is 0.185. The molecule has 0 aliphatic carbocycles. The molecule has 1 unspecified atom stereocenters. The van der Waals surface area contributed by atoms with Gasteiger partial charge in [0.1, 0.15) is 0 Å². The van der Waals surface area contributed by atoms with Gasteiger partial charge in [0.2, 0.25) is 0 Å². The predicted octanol–water partition coefficient (Wildman–Crippen LogP) is 2.72. The van der Waals surface area contributed by atoms with Gasteiger partial charge in [0.15, 0.2) is 11.5 Å². The number of benzene rings is 2. The van der Waals surface area contributed by atoms with Gasteiger partial charge in [-0.15, -0.1) is 12.4 Å². The van der Waals surface area contributed by atoms with Gasteiger partial charge in [-0.2, -0.15) is 0 Å². The summed E-state index contributed by atoms with van der Waals surface area (Å²) in [7, 11) is 4.80. The number of carbonyl (C=O) groups excluding carboxylic acids is 2. The maximum absolute atomic E-state index is 12.7. The Kier molecular flexibility index (Phi) is 9.27. The van der Waals surface area contributed by atoms with E-state index in [0.717, 1.165) is 0 Å². The molecule has 2 aromatic rings. The molecule has 3 N–H and O–H groups in total. The molecule has 7 nitrogen and oxygen atoms in total. The molecule has 8 heteroatoms. The maximum Gasteiger partial charge on any atom is 0.255 e. The third kappa shape index (κ3) is 5.87. The molecule has 0 aliphatic heterocycles. The molecule has 0 fully saturated rings. The number of anilines is 1. The molecule has 0 aliphatic rings. The second-order valence-electron chi connectivity index (χ2n) is 5.97. The zero-order valence-electron chi connectivity index (χ0n) is 16.4. The van der Waals surface area contributed by atoms with E-state index in [-0.39, 0.29) is 30.3 Å².